The van der Waals surface area contributed by atoms with E-state index in [4.69, 9.17) is 36.6 Å². The maximum absolute atomic E-state index is 13.6. The Labute approximate surface area is 213 Å². The van der Waals surface area contributed by atoms with Gasteiger partial charge in [0.25, 0.3) is 5.91 Å². The van der Waals surface area contributed by atoms with Crippen molar-refractivity contribution in [1.82, 2.24) is 4.90 Å². The fourth-order valence-corrected chi connectivity index (χ4v) is 5.51. The van der Waals surface area contributed by atoms with Gasteiger partial charge < -0.3 is 45.9 Å². The molecule has 1 aromatic carbocycles. The molecule has 0 unspecified atom stereocenters. The van der Waals surface area contributed by atoms with Gasteiger partial charge in [-0.1, -0.05) is 11.6 Å². The van der Waals surface area contributed by atoms with Crippen molar-refractivity contribution in [2.75, 3.05) is 14.1 Å². The minimum atomic E-state index is -4.64. The number of benzene rings is 1. The summed E-state index contributed by atoms with van der Waals surface area (Å²) in [6.07, 6.45) is -1.70. The maximum Gasteiger partial charge on any atom is 0.466 e. The zero-order valence-electron chi connectivity index (χ0n) is 19.2. The third kappa shape index (κ3) is 4.56. The number of ketones is 2. The highest BCUT2D eigenvalue weighted by molar-refractivity contribution is 7.45. The number of aromatic hydroxyl groups is 1. The lowest BCUT2D eigenvalue weighted by atomic mass is 9.57. The molecule has 5 atom stereocenters. The number of hydrogen-bond donors (Lipinski definition) is 9. The Kier molecular flexibility index (Phi) is 7.38. The molecule has 0 aliphatic heterocycles. The quantitative estimate of drug-likeness (QED) is 0.158. The number of aliphatic hydroxyl groups is 4. The first-order valence-electron chi connectivity index (χ1n) is 10.5. The molecule has 1 aromatic rings. The summed E-state index contributed by atoms with van der Waals surface area (Å²) in [4.78, 5) is 61.4. The van der Waals surface area contributed by atoms with E-state index in [1.807, 2.05) is 0 Å². The number of primary amides is 1. The number of carbonyl (C=O) groups excluding carboxylic acids is 3. The van der Waals surface area contributed by atoms with Crippen LogP contribution in [0.15, 0.2) is 29.0 Å². The Morgan fingerprint density at radius 2 is 1.70 bits per heavy atom. The van der Waals surface area contributed by atoms with E-state index in [0.717, 1.165) is 0 Å². The van der Waals surface area contributed by atoms with Gasteiger partial charge in [-0.25, -0.2) is 4.57 Å². The molecule has 1 saturated carbocycles. The number of fused-ring (bicyclic) bond motifs is 3. The number of nitrogens with two attached hydrogens (primary N) is 1. The van der Waals surface area contributed by atoms with Crippen molar-refractivity contribution in [2.24, 2.45) is 17.6 Å². The van der Waals surface area contributed by atoms with E-state index in [1.165, 1.54) is 31.1 Å². The van der Waals surface area contributed by atoms with Crippen LogP contribution in [0.3, 0.4) is 0 Å². The molecule has 0 radical (unpaired) electrons. The first kappa shape index (κ1) is 28.8. The van der Waals surface area contributed by atoms with E-state index in [-0.39, 0.29) is 22.6 Å². The molecule has 0 aromatic heterocycles. The van der Waals surface area contributed by atoms with Gasteiger partial charge in [0.15, 0.2) is 11.4 Å². The van der Waals surface area contributed by atoms with E-state index in [9.17, 15) is 39.9 Å². The number of nitrogens with zero attached hydrogens (tertiary/aromatic N) is 1. The van der Waals surface area contributed by atoms with Gasteiger partial charge in [-0.2, -0.15) is 0 Å². The summed E-state index contributed by atoms with van der Waals surface area (Å²) in [6, 6.07) is 1.25. The number of rotatable bonds is 2. The number of phosphoric acid groups is 1. The molecule has 202 valence electrons. The molecule has 37 heavy (non-hydrogen) atoms. The fourth-order valence-electron chi connectivity index (χ4n) is 5.24. The van der Waals surface area contributed by atoms with Gasteiger partial charge in [0.05, 0.1) is 17.7 Å². The summed E-state index contributed by atoms with van der Waals surface area (Å²) in [5.74, 6) is -8.19. The number of phenolic OH excluding ortho intramolecular Hbond substituents is 1. The van der Waals surface area contributed by atoms with E-state index in [1.54, 1.807) is 0 Å². The topological polar surface area (TPSA) is 259 Å². The number of Topliss-reactive ketones (excluding diaryl/α,β-unsaturated/α-hetero) is 2. The van der Waals surface area contributed by atoms with Crippen LogP contribution in [0.5, 0.6) is 5.75 Å². The Hall–Kier alpha value is -2.81. The molecule has 3 aliphatic rings. The molecule has 10 N–H and O–H groups in total. The normalized spacial score (nSPS) is 29.3. The zero-order chi connectivity index (χ0) is 28.4. The van der Waals surface area contributed by atoms with E-state index in [2.05, 4.69) is 0 Å². The lowest BCUT2D eigenvalue weighted by Gasteiger charge is -2.51. The van der Waals surface area contributed by atoms with Crippen LogP contribution in [0, 0.1) is 11.8 Å². The first-order valence-corrected chi connectivity index (χ1v) is 12.4. The molecular formula is C21H24ClN2O12P. The number of amides is 1. The van der Waals surface area contributed by atoms with Crippen molar-refractivity contribution in [2.45, 2.75) is 24.2 Å². The summed E-state index contributed by atoms with van der Waals surface area (Å²) < 4.78 is 8.88. The van der Waals surface area contributed by atoms with Gasteiger partial charge in [0.2, 0.25) is 5.78 Å². The number of aliphatic hydroxyl groups excluding tert-OH is 3. The second kappa shape index (κ2) is 9.49. The van der Waals surface area contributed by atoms with E-state index >= 15 is 0 Å². The lowest BCUT2D eigenvalue weighted by molar-refractivity contribution is -0.155. The molecular weight excluding hydrogens is 539 g/mol. The van der Waals surface area contributed by atoms with Crippen LogP contribution in [0.4, 0.5) is 0 Å². The molecule has 0 spiro atoms. The van der Waals surface area contributed by atoms with Crippen molar-refractivity contribution in [3.63, 3.8) is 0 Å². The van der Waals surface area contributed by atoms with Gasteiger partial charge in [0, 0.05) is 28.0 Å². The van der Waals surface area contributed by atoms with Crippen molar-refractivity contribution < 1.29 is 59.2 Å². The van der Waals surface area contributed by atoms with Gasteiger partial charge in [0.1, 0.15) is 22.8 Å². The van der Waals surface area contributed by atoms with Crippen molar-refractivity contribution in [3.8, 4) is 5.75 Å². The summed E-state index contributed by atoms with van der Waals surface area (Å²) in [5.41, 5.74) is 0.845. The van der Waals surface area contributed by atoms with Crippen molar-refractivity contribution in [1.29, 1.82) is 0 Å². The van der Waals surface area contributed by atoms with Crippen LogP contribution in [-0.2, 0) is 18.9 Å². The molecule has 14 nitrogen and oxygen atoms in total. The molecule has 0 saturated heterocycles. The molecule has 1 amide bonds. The van der Waals surface area contributed by atoms with E-state index in [0.29, 0.717) is 0 Å². The summed E-state index contributed by atoms with van der Waals surface area (Å²) in [6.45, 7) is 0. The zero-order valence-corrected chi connectivity index (χ0v) is 20.9. The molecule has 16 heteroatoms. The smallest absolute Gasteiger partial charge is 0.466 e. The molecule has 0 heterocycles. The number of carbonyl (C=O) groups is 3. The largest absolute Gasteiger partial charge is 0.508 e. The highest BCUT2D eigenvalue weighted by Gasteiger charge is 2.65. The second-order valence-electron chi connectivity index (χ2n) is 8.98. The van der Waals surface area contributed by atoms with Gasteiger partial charge in [-0.3, -0.25) is 19.3 Å². The summed E-state index contributed by atoms with van der Waals surface area (Å²) in [7, 11) is -1.67. The molecule has 0 bridgehead atoms. The lowest BCUT2D eigenvalue weighted by Crippen LogP contribution is -2.66. The Balaban J connectivity index is 0.000000695. The van der Waals surface area contributed by atoms with Crippen LogP contribution in [0.2, 0.25) is 5.02 Å². The van der Waals surface area contributed by atoms with Crippen molar-refractivity contribution in [3.05, 3.63) is 45.2 Å². The number of halogens is 1. The summed E-state index contributed by atoms with van der Waals surface area (Å²) >= 11 is 6.19. The molecule has 1 fully saturated rings. The predicted octanol–water partition coefficient (Wildman–Crippen LogP) is -0.820. The fraction of sp³-hybridized carbons (Fsp3) is 0.381. The van der Waals surface area contributed by atoms with Gasteiger partial charge in [-0.05, 0) is 32.6 Å². The SMILES string of the molecule is CN(C)[C@@H]1C(=O)C(C(N)=O)=C(O)[C@@]2(O)C(=O)C3=C(O)c4c(O)ccc(Cl)c4[C@@H](O)[C@H]3C[C@@H]12.O=P(O)(O)O. The van der Waals surface area contributed by atoms with E-state index < -0.39 is 83.3 Å². The van der Waals surface area contributed by atoms with Gasteiger partial charge in [-0.15, -0.1) is 0 Å². The maximum atomic E-state index is 13.6. The van der Waals surface area contributed by atoms with Gasteiger partial charge >= 0.3 is 7.82 Å². The number of likely N-dealkylation sites (N-methyl/N-ethyl adjacent to an activating group) is 1. The van der Waals surface area contributed by atoms with Crippen LogP contribution < -0.4 is 5.73 Å². The van der Waals surface area contributed by atoms with Crippen LogP contribution in [-0.4, -0.2) is 88.3 Å². The minimum absolute atomic E-state index is 0.00251. The average Bonchev–Trinajstić information content (AvgIpc) is 2.74. The monoisotopic (exact) mass is 562 g/mol. The van der Waals surface area contributed by atoms with Crippen molar-refractivity contribution >= 4 is 42.7 Å². The number of phenols is 1. The highest BCUT2D eigenvalue weighted by Crippen LogP contribution is 2.56. The number of hydrogen-bond acceptors (Lipinski definition) is 10. The van der Waals surface area contributed by atoms with Crippen LogP contribution in [0.25, 0.3) is 5.76 Å². The molecule has 3 aliphatic carbocycles. The third-order valence-corrected chi connectivity index (χ3v) is 6.97. The standard InChI is InChI=1S/C21H21ClN2O8.H3O4P/c1-24(2)14-7-5-6-10(16(27)12-9(25)4-3-8(22)11(12)15(6)26)18(29)21(7,32)19(30)13(17(14)28)20(23)31;1-5(2,3)4/h3-4,6-7,14-15,25-27,30,32H,5H2,1-2H3,(H2,23,31);(H3,1,2,3,4)/t6-,7-,14-,15-,21-;/m0./s1. The third-order valence-electron chi connectivity index (χ3n) is 6.64. The Bertz CT molecular complexity index is 1310. The van der Waals surface area contributed by atoms with Crippen LogP contribution in [0.1, 0.15) is 23.7 Å². The second-order valence-corrected chi connectivity index (χ2v) is 10.4. The highest BCUT2D eigenvalue weighted by atomic mass is 35.5. The predicted molar refractivity (Wildman–Crippen MR) is 125 cm³/mol. The first-order chi connectivity index (χ1) is 16.8. The summed E-state index contributed by atoms with van der Waals surface area (Å²) in [5, 5.41) is 54.4. The Morgan fingerprint density at radius 3 is 2.19 bits per heavy atom. The minimum Gasteiger partial charge on any atom is -0.508 e. The average molecular weight is 563 g/mol. The Morgan fingerprint density at radius 1 is 1.16 bits per heavy atom. The molecule has 4 rings (SSSR count). The van der Waals surface area contributed by atoms with Crippen LogP contribution >= 0.6 is 19.4 Å².